The fourth-order valence-corrected chi connectivity index (χ4v) is 1.89. The van der Waals surface area contributed by atoms with Crippen LogP contribution in [-0.4, -0.2) is 24.1 Å². The number of rotatable bonds is 1. The van der Waals surface area contributed by atoms with Crippen LogP contribution in [0.5, 0.6) is 0 Å². The van der Waals surface area contributed by atoms with E-state index in [0.29, 0.717) is 5.01 Å². The molecule has 1 rings (SSSR count). The highest BCUT2D eigenvalue weighted by Crippen LogP contribution is 2.08. The lowest BCUT2D eigenvalue weighted by molar-refractivity contribution is 0.0691. The third-order valence-corrected chi connectivity index (χ3v) is 2.90. The highest BCUT2D eigenvalue weighted by molar-refractivity contribution is 7.10. The zero-order valence-electron chi connectivity index (χ0n) is 8.29. The second kappa shape index (κ2) is 3.94. The van der Waals surface area contributed by atoms with Crippen LogP contribution in [0.25, 0.3) is 0 Å². The van der Waals surface area contributed by atoms with Crippen LogP contribution in [0.1, 0.15) is 15.5 Å². The van der Waals surface area contributed by atoms with Gasteiger partial charge in [-0.2, -0.15) is 0 Å². The average Bonchev–Trinajstić information content (AvgIpc) is 2.47. The van der Waals surface area contributed by atoms with Crippen LogP contribution in [0.3, 0.4) is 0 Å². The third-order valence-electron chi connectivity index (χ3n) is 1.27. The number of aromatic nitrogens is 1. The van der Waals surface area contributed by atoms with Crippen molar-refractivity contribution >= 4 is 25.4 Å². The molecule has 14 heavy (non-hydrogen) atoms. The number of aromatic carboxylic acids is 1. The Bertz CT molecular complexity index is 408. The molecule has 0 spiro atoms. The molecule has 3 nitrogen and oxygen atoms in total. The highest BCUT2D eigenvalue weighted by Gasteiger charge is 2.09. The van der Waals surface area contributed by atoms with E-state index in [4.69, 9.17) is 5.11 Å². The van der Waals surface area contributed by atoms with E-state index in [1.165, 1.54) is 16.7 Å². The molecule has 1 heterocycles. The van der Waals surface area contributed by atoms with Crippen LogP contribution in [0.15, 0.2) is 5.38 Å². The summed E-state index contributed by atoms with van der Waals surface area (Å²) in [5.74, 6) is 1.92. The number of hydrogen-bond donors (Lipinski definition) is 1. The van der Waals surface area contributed by atoms with Gasteiger partial charge in [0.2, 0.25) is 0 Å². The predicted octanol–water partition coefficient (Wildman–Crippen LogP) is 2.07. The van der Waals surface area contributed by atoms with E-state index < -0.39 is 14.0 Å². The highest BCUT2D eigenvalue weighted by atomic mass is 32.1. The maximum Gasteiger partial charge on any atom is 0.355 e. The van der Waals surface area contributed by atoms with Crippen molar-refractivity contribution in [3.05, 3.63) is 16.1 Å². The molecule has 0 fully saturated rings. The van der Waals surface area contributed by atoms with Crippen molar-refractivity contribution < 1.29 is 9.90 Å². The molecule has 1 aromatic rings. The van der Waals surface area contributed by atoms with Crippen LogP contribution < -0.4 is 0 Å². The normalized spacial score (nSPS) is 10.5. The van der Waals surface area contributed by atoms with Crippen LogP contribution in [-0.2, 0) is 0 Å². The van der Waals surface area contributed by atoms with Gasteiger partial charge < -0.3 is 5.11 Å². The summed E-state index contributed by atoms with van der Waals surface area (Å²) < 4.78 is 0. The van der Waals surface area contributed by atoms with Crippen molar-refractivity contribution in [2.75, 3.05) is 0 Å². The van der Waals surface area contributed by atoms with Gasteiger partial charge in [0, 0.05) is 5.38 Å². The first-order valence-electron chi connectivity index (χ1n) is 4.10. The molecule has 0 atom stereocenters. The summed E-state index contributed by atoms with van der Waals surface area (Å²) in [5.41, 5.74) is 3.21. The number of thiazole rings is 1. The SMILES string of the molecule is C[Si](C)(C)C#Cc1nc(C(=O)O)cs1. The number of carboxylic acids is 1. The lowest BCUT2D eigenvalue weighted by Gasteiger charge is -2.02. The predicted molar refractivity (Wildman–Crippen MR) is 59.3 cm³/mol. The van der Waals surface area contributed by atoms with Crippen LogP contribution in [0, 0.1) is 11.5 Å². The van der Waals surface area contributed by atoms with Crippen molar-refractivity contribution in [3.63, 3.8) is 0 Å². The van der Waals surface area contributed by atoms with Gasteiger partial charge in [-0.15, -0.1) is 16.9 Å². The van der Waals surface area contributed by atoms with Gasteiger partial charge in [-0.3, -0.25) is 0 Å². The van der Waals surface area contributed by atoms with Crippen LogP contribution in [0.4, 0.5) is 0 Å². The largest absolute Gasteiger partial charge is 0.476 e. The Morgan fingerprint density at radius 3 is 2.64 bits per heavy atom. The molecular formula is C9H11NO2SSi. The first-order valence-corrected chi connectivity index (χ1v) is 8.48. The Morgan fingerprint density at radius 2 is 2.21 bits per heavy atom. The minimum absolute atomic E-state index is 0.0786. The Balaban J connectivity index is 2.87. The van der Waals surface area contributed by atoms with Crippen LogP contribution in [0.2, 0.25) is 19.6 Å². The number of carboxylic acid groups (broad SMARTS) is 1. The topological polar surface area (TPSA) is 50.2 Å². The monoisotopic (exact) mass is 225 g/mol. The lowest BCUT2D eigenvalue weighted by Crippen LogP contribution is -2.16. The Labute approximate surface area is 87.8 Å². The summed E-state index contributed by atoms with van der Waals surface area (Å²) in [6, 6.07) is 0. The fraction of sp³-hybridized carbons (Fsp3) is 0.333. The van der Waals surface area contributed by atoms with Gasteiger partial charge in [-0.25, -0.2) is 9.78 Å². The van der Waals surface area contributed by atoms with Crippen molar-refractivity contribution in [2.24, 2.45) is 0 Å². The Hall–Kier alpha value is -1.12. The van der Waals surface area contributed by atoms with E-state index in [1.54, 1.807) is 0 Å². The molecule has 0 aliphatic rings. The zero-order valence-corrected chi connectivity index (χ0v) is 10.1. The lowest BCUT2D eigenvalue weighted by atomic mass is 10.5. The molecule has 1 N–H and O–H groups in total. The molecule has 0 saturated heterocycles. The van der Waals surface area contributed by atoms with Crippen molar-refractivity contribution in [2.45, 2.75) is 19.6 Å². The summed E-state index contributed by atoms with van der Waals surface area (Å²) >= 11 is 1.28. The van der Waals surface area contributed by atoms with Gasteiger partial charge in [0.15, 0.2) is 10.7 Å². The zero-order chi connectivity index (χ0) is 10.8. The molecule has 0 saturated carbocycles. The molecule has 5 heteroatoms. The second-order valence-corrected chi connectivity index (χ2v) is 9.45. The Kier molecular flexibility index (Phi) is 3.09. The molecule has 0 aromatic carbocycles. The van der Waals surface area contributed by atoms with Crippen LogP contribution >= 0.6 is 11.3 Å². The van der Waals surface area contributed by atoms with Crippen molar-refractivity contribution in [1.29, 1.82) is 0 Å². The van der Waals surface area contributed by atoms with E-state index in [1.807, 2.05) is 0 Å². The van der Waals surface area contributed by atoms with E-state index in [0.717, 1.165) is 0 Å². The summed E-state index contributed by atoms with van der Waals surface area (Å²) in [4.78, 5) is 14.4. The maximum absolute atomic E-state index is 10.5. The molecule has 74 valence electrons. The molecule has 0 unspecified atom stereocenters. The molecule has 0 bridgehead atoms. The summed E-state index contributed by atoms with van der Waals surface area (Å²) in [6.07, 6.45) is 0. The minimum atomic E-state index is -1.40. The van der Waals surface area contributed by atoms with E-state index in [9.17, 15) is 4.79 Å². The van der Waals surface area contributed by atoms with E-state index in [-0.39, 0.29) is 5.69 Å². The second-order valence-electron chi connectivity index (χ2n) is 3.84. The maximum atomic E-state index is 10.5. The molecule has 0 aliphatic heterocycles. The molecule has 0 radical (unpaired) electrons. The third kappa shape index (κ3) is 3.32. The molecule has 0 aliphatic carbocycles. The van der Waals surface area contributed by atoms with E-state index in [2.05, 4.69) is 36.1 Å². The van der Waals surface area contributed by atoms with Crippen molar-refractivity contribution in [3.8, 4) is 11.5 Å². The summed E-state index contributed by atoms with van der Waals surface area (Å²) in [7, 11) is -1.40. The van der Waals surface area contributed by atoms with Gasteiger partial charge in [-0.05, 0) is 5.92 Å². The molecule has 1 aromatic heterocycles. The first kappa shape index (κ1) is 11.0. The number of hydrogen-bond acceptors (Lipinski definition) is 3. The summed E-state index contributed by atoms with van der Waals surface area (Å²) in [5, 5.41) is 10.7. The minimum Gasteiger partial charge on any atom is -0.476 e. The average molecular weight is 225 g/mol. The van der Waals surface area contributed by atoms with Crippen molar-refractivity contribution in [1.82, 2.24) is 4.98 Å². The fourth-order valence-electron chi connectivity index (χ4n) is 0.670. The molecule has 0 amide bonds. The number of carbonyl (C=O) groups is 1. The first-order chi connectivity index (χ1) is 6.38. The number of nitrogens with zero attached hydrogens (tertiary/aromatic N) is 1. The van der Waals surface area contributed by atoms with Gasteiger partial charge in [-0.1, -0.05) is 19.6 Å². The van der Waals surface area contributed by atoms with Gasteiger partial charge in [0.05, 0.1) is 0 Å². The summed E-state index contributed by atoms with van der Waals surface area (Å²) in [6.45, 7) is 6.39. The molecular weight excluding hydrogens is 214 g/mol. The van der Waals surface area contributed by atoms with Gasteiger partial charge in [0.1, 0.15) is 8.07 Å². The van der Waals surface area contributed by atoms with Gasteiger partial charge in [0.25, 0.3) is 0 Å². The van der Waals surface area contributed by atoms with E-state index >= 15 is 0 Å². The quantitative estimate of drug-likeness (QED) is 0.588. The van der Waals surface area contributed by atoms with Gasteiger partial charge >= 0.3 is 5.97 Å². The Morgan fingerprint density at radius 1 is 1.57 bits per heavy atom. The smallest absolute Gasteiger partial charge is 0.355 e. The standard InChI is InChI=1S/C9H11NO2SSi/c1-14(2,3)5-4-8-10-7(6-13-8)9(11)12/h6H,1-3H3,(H,11,12).